The smallest absolute Gasteiger partial charge is 0.239 e. The highest BCUT2D eigenvalue weighted by Crippen LogP contribution is 2.27. The van der Waals surface area contributed by atoms with Gasteiger partial charge < -0.3 is 25.4 Å². The Balaban J connectivity index is 2.73. The van der Waals surface area contributed by atoms with E-state index in [1.54, 1.807) is 14.2 Å². The molecule has 0 unspecified atom stereocenters. The zero-order valence-electron chi connectivity index (χ0n) is 12.8. The van der Waals surface area contributed by atoms with Crippen LogP contribution in [0.5, 0.6) is 5.75 Å². The molecule has 0 saturated heterocycles. The number of hydrogen-bond donors (Lipinski definition) is 2. The van der Waals surface area contributed by atoms with Crippen molar-refractivity contribution >= 4 is 11.6 Å². The van der Waals surface area contributed by atoms with Gasteiger partial charge in [-0.1, -0.05) is 12.1 Å². The standard InChI is InChI=1S/C15H25N3O3/c1-20-11-9-17-15(19)12-18(10-5-8-16)13-6-3-4-7-14(13)21-2/h3-4,6-7H,5,8-12,16H2,1-2H3,(H,17,19). The largest absolute Gasteiger partial charge is 0.495 e. The first-order valence-corrected chi connectivity index (χ1v) is 7.06. The zero-order valence-corrected chi connectivity index (χ0v) is 12.8. The third-order valence-electron chi connectivity index (χ3n) is 3.02. The fraction of sp³-hybridized carbons (Fsp3) is 0.533. The number of hydrogen-bond acceptors (Lipinski definition) is 5. The Morgan fingerprint density at radius 1 is 1.33 bits per heavy atom. The first-order valence-electron chi connectivity index (χ1n) is 7.06. The molecule has 1 amide bonds. The molecule has 3 N–H and O–H groups in total. The van der Waals surface area contributed by atoms with E-state index in [9.17, 15) is 4.79 Å². The zero-order chi connectivity index (χ0) is 15.5. The third kappa shape index (κ3) is 6.01. The van der Waals surface area contributed by atoms with Crippen molar-refractivity contribution in [1.82, 2.24) is 5.32 Å². The van der Waals surface area contributed by atoms with E-state index in [-0.39, 0.29) is 12.5 Å². The molecule has 0 bridgehead atoms. The SMILES string of the molecule is COCCNC(=O)CN(CCCN)c1ccccc1OC. The summed E-state index contributed by atoms with van der Waals surface area (Å²) in [5.41, 5.74) is 6.48. The van der Waals surface area contributed by atoms with Crippen molar-refractivity contribution in [3.8, 4) is 5.75 Å². The Labute approximate surface area is 126 Å². The van der Waals surface area contributed by atoms with Gasteiger partial charge in [0.1, 0.15) is 5.75 Å². The van der Waals surface area contributed by atoms with Gasteiger partial charge in [0.15, 0.2) is 0 Å². The van der Waals surface area contributed by atoms with Gasteiger partial charge in [-0.2, -0.15) is 0 Å². The van der Waals surface area contributed by atoms with Gasteiger partial charge in [-0.3, -0.25) is 4.79 Å². The van der Waals surface area contributed by atoms with Gasteiger partial charge in [0.25, 0.3) is 0 Å². The molecule has 6 heteroatoms. The molecule has 0 heterocycles. The van der Waals surface area contributed by atoms with Gasteiger partial charge in [0, 0.05) is 20.2 Å². The van der Waals surface area contributed by atoms with Crippen molar-refractivity contribution in [3.63, 3.8) is 0 Å². The Kier molecular flexibility index (Phi) is 8.23. The summed E-state index contributed by atoms with van der Waals surface area (Å²) in [6, 6.07) is 7.66. The molecule has 118 valence electrons. The van der Waals surface area contributed by atoms with Crippen molar-refractivity contribution in [2.75, 3.05) is 51.9 Å². The van der Waals surface area contributed by atoms with Gasteiger partial charge >= 0.3 is 0 Å². The molecule has 0 fully saturated rings. The van der Waals surface area contributed by atoms with Crippen molar-refractivity contribution < 1.29 is 14.3 Å². The number of carbonyl (C=O) groups is 1. The third-order valence-corrected chi connectivity index (χ3v) is 3.02. The van der Waals surface area contributed by atoms with Crippen molar-refractivity contribution in [3.05, 3.63) is 24.3 Å². The van der Waals surface area contributed by atoms with Crippen LogP contribution in [0, 0.1) is 0 Å². The number of nitrogens with two attached hydrogens (primary N) is 1. The lowest BCUT2D eigenvalue weighted by Crippen LogP contribution is -2.39. The summed E-state index contributed by atoms with van der Waals surface area (Å²) < 4.78 is 10.3. The molecular formula is C15H25N3O3. The quantitative estimate of drug-likeness (QED) is 0.619. The van der Waals surface area contributed by atoms with Crippen LogP contribution < -0.4 is 20.7 Å². The lowest BCUT2D eigenvalue weighted by Gasteiger charge is -2.25. The van der Waals surface area contributed by atoms with Crippen LogP contribution in [0.2, 0.25) is 0 Å². The second kappa shape index (κ2) is 10.0. The second-order valence-corrected chi connectivity index (χ2v) is 4.58. The molecule has 21 heavy (non-hydrogen) atoms. The number of carbonyl (C=O) groups excluding carboxylic acids is 1. The molecule has 6 nitrogen and oxygen atoms in total. The van der Waals surface area contributed by atoms with Crippen LogP contribution >= 0.6 is 0 Å². The van der Waals surface area contributed by atoms with Crippen LogP contribution in [0.25, 0.3) is 0 Å². The summed E-state index contributed by atoms with van der Waals surface area (Å²) >= 11 is 0. The summed E-state index contributed by atoms with van der Waals surface area (Å²) in [6.45, 7) is 2.56. The fourth-order valence-electron chi connectivity index (χ4n) is 1.98. The predicted octanol–water partition coefficient (Wildman–Crippen LogP) is 0.613. The number of methoxy groups -OCH3 is 2. The molecule has 0 aliphatic rings. The van der Waals surface area contributed by atoms with Gasteiger partial charge in [0.2, 0.25) is 5.91 Å². The predicted molar refractivity (Wildman–Crippen MR) is 83.8 cm³/mol. The summed E-state index contributed by atoms with van der Waals surface area (Å²) in [5, 5.41) is 2.82. The Hall–Kier alpha value is -1.79. The average Bonchev–Trinajstić information content (AvgIpc) is 2.51. The van der Waals surface area contributed by atoms with E-state index >= 15 is 0 Å². The molecule has 0 aliphatic heterocycles. The molecule has 0 radical (unpaired) electrons. The first kappa shape index (κ1) is 17.3. The number of rotatable bonds is 10. The molecule has 1 aromatic carbocycles. The van der Waals surface area contributed by atoms with E-state index in [0.717, 1.165) is 17.9 Å². The molecule has 0 aromatic heterocycles. The van der Waals surface area contributed by atoms with Crippen molar-refractivity contribution in [1.29, 1.82) is 0 Å². The highest BCUT2D eigenvalue weighted by atomic mass is 16.5. The van der Waals surface area contributed by atoms with E-state index in [1.807, 2.05) is 29.2 Å². The van der Waals surface area contributed by atoms with Crippen molar-refractivity contribution in [2.24, 2.45) is 5.73 Å². The fourth-order valence-corrected chi connectivity index (χ4v) is 1.98. The molecular weight excluding hydrogens is 270 g/mol. The maximum Gasteiger partial charge on any atom is 0.239 e. The topological polar surface area (TPSA) is 76.8 Å². The summed E-state index contributed by atoms with van der Waals surface area (Å²) in [4.78, 5) is 14.0. The molecule has 0 atom stereocenters. The Bertz CT molecular complexity index is 426. The second-order valence-electron chi connectivity index (χ2n) is 4.58. The van der Waals surface area contributed by atoms with Crippen LogP contribution in [-0.2, 0) is 9.53 Å². The molecule has 1 rings (SSSR count). The minimum atomic E-state index is -0.0463. The minimum absolute atomic E-state index is 0.0463. The lowest BCUT2D eigenvalue weighted by molar-refractivity contribution is -0.119. The number of amides is 1. The van der Waals surface area contributed by atoms with Crippen LogP contribution in [0.15, 0.2) is 24.3 Å². The summed E-state index contributed by atoms with van der Waals surface area (Å²) in [6.07, 6.45) is 0.809. The van der Waals surface area contributed by atoms with E-state index in [2.05, 4.69) is 5.32 Å². The van der Waals surface area contributed by atoms with Gasteiger partial charge in [0.05, 0.1) is 25.9 Å². The maximum atomic E-state index is 12.0. The van der Waals surface area contributed by atoms with Crippen LogP contribution in [0.3, 0.4) is 0 Å². The number of ether oxygens (including phenoxy) is 2. The molecule has 1 aromatic rings. The maximum absolute atomic E-state index is 12.0. The lowest BCUT2D eigenvalue weighted by atomic mass is 10.2. The van der Waals surface area contributed by atoms with Crippen molar-refractivity contribution in [2.45, 2.75) is 6.42 Å². The van der Waals surface area contributed by atoms with Crippen LogP contribution in [-0.4, -0.2) is 52.9 Å². The highest BCUT2D eigenvalue weighted by molar-refractivity contribution is 5.82. The normalized spacial score (nSPS) is 10.2. The number of para-hydroxylation sites is 2. The summed E-state index contributed by atoms with van der Waals surface area (Å²) in [7, 11) is 3.23. The number of anilines is 1. The molecule has 0 saturated carbocycles. The Morgan fingerprint density at radius 2 is 2.10 bits per heavy atom. The molecule has 0 spiro atoms. The van der Waals surface area contributed by atoms with E-state index < -0.39 is 0 Å². The number of nitrogens with zero attached hydrogens (tertiary/aromatic N) is 1. The first-order chi connectivity index (χ1) is 10.2. The van der Waals surface area contributed by atoms with E-state index in [0.29, 0.717) is 26.2 Å². The van der Waals surface area contributed by atoms with Crippen LogP contribution in [0.4, 0.5) is 5.69 Å². The average molecular weight is 295 g/mol. The highest BCUT2D eigenvalue weighted by Gasteiger charge is 2.14. The number of benzene rings is 1. The van der Waals surface area contributed by atoms with Crippen LogP contribution in [0.1, 0.15) is 6.42 Å². The summed E-state index contributed by atoms with van der Waals surface area (Å²) in [5.74, 6) is 0.703. The minimum Gasteiger partial charge on any atom is -0.495 e. The number of nitrogens with one attached hydrogen (secondary N) is 1. The van der Waals surface area contributed by atoms with Gasteiger partial charge in [-0.25, -0.2) is 0 Å². The van der Waals surface area contributed by atoms with E-state index in [1.165, 1.54) is 0 Å². The van der Waals surface area contributed by atoms with Gasteiger partial charge in [-0.05, 0) is 25.1 Å². The van der Waals surface area contributed by atoms with E-state index in [4.69, 9.17) is 15.2 Å². The van der Waals surface area contributed by atoms with Gasteiger partial charge in [-0.15, -0.1) is 0 Å². The Morgan fingerprint density at radius 3 is 2.76 bits per heavy atom. The molecule has 0 aliphatic carbocycles. The monoisotopic (exact) mass is 295 g/mol.